The van der Waals surface area contributed by atoms with Crippen LogP contribution in [0, 0.1) is 11.8 Å². The summed E-state index contributed by atoms with van der Waals surface area (Å²) in [5, 5.41) is 6.25. The van der Waals surface area contributed by atoms with Crippen LogP contribution in [-0.4, -0.2) is 0 Å². The average Bonchev–Trinajstić information content (AvgIpc) is 2.10. The van der Waals surface area contributed by atoms with Crippen molar-refractivity contribution < 1.29 is 4.57 Å². The third-order valence-electron chi connectivity index (χ3n) is 1.14. The number of pyridine rings is 1. The van der Waals surface area contributed by atoms with Gasteiger partial charge in [-0.2, -0.15) is 0 Å². The summed E-state index contributed by atoms with van der Waals surface area (Å²) >= 11 is 0. The van der Waals surface area contributed by atoms with Crippen LogP contribution in [0.1, 0.15) is 6.92 Å². The molecule has 2 heteroatoms. The van der Waals surface area contributed by atoms with Crippen LogP contribution in [0.4, 0.5) is 0 Å². The molecule has 0 radical (unpaired) electrons. The second kappa shape index (κ2) is 5.77. The molecule has 2 nitrogen and oxygen atoms in total. The molecule has 0 saturated carbocycles. The molecule has 52 valence electrons. The van der Waals surface area contributed by atoms with Gasteiger partial charge in [-0.1, -0.05) is 6.07 Å². The topological polar surface area (TPSA) is 27.7 Å². The Morgan fingerprint density at radius 1 is 1.20 bits per heavy atom. The summed E-state index contributed by atoms with van der Waals surface area (Å²) in [5.74, 6) is 0. The Bertz CT molecular complexity index is 179. The van der Waals surface area contributed by atoms with Crippen molar-refractivity contribution >= 4 is 0 Å². The molecule has 1 heterocycles. The van der Waals surface area contributed by atoms with E-state index >= 15 is 0 Å². The van der Waals surface area contributed by atoms with Gasteiger partial charge >= 0.3 is 0 Å². The second-order valence-electron chi connectivity index (χ2n) is 1.71. The first kappa shape index (κ1) is 8.64. The zero-order chi connectivity index (χ0) is 7.82. The van der Waals surface area contributed by atoms with E-state index in [4.69, 9.17) is 11.8 Å². The molecule has 0 fully saturated rings. The van der Waals surface area contributed by atoms with E-state index in [2.05, 4.69) is 23.9 Å². The largest absolute Gasteiger partial charge is 0.512 e. The molecule has 0 aliphatic carbocycles. The third kappa shape index (κ3) is 2.83. The lowest BCUT2D eigenvalue weighted by Gasteiger charge is -1.84. The van der Waals surface area contributed by atoms with Crippen LogP contribution in [0.25, 0.3) is 0 Å². The quantitative estimate of drug-likeness (QED) is 0.417. The van der Waals surface area contributed by atoms with Crippen molar-refractivity contribution in [2.24, 2.45) is 0 Å². The Morgan fingerprint density at radius 2 is 1.70 bits per heavy atom. The van der Waals surface area contributed by atoms with E-state index < -0.39 is 0 Å². The molecule has 1 aromatic rings. The molecule has 1 aromatic heterocycles. The number of aryl methyl sites for hydroxylation is 1. The molecule has 0 atom stereocenters. The van der Waals surface area contributed by atoms with Gasteiger partial charge in [-0.25, -0.2) is 4.57 Å². The van der Waals surface area contributed by atoms with E-state index in [1.54, 1.807) is 0 Å². The summed E-state index contributed by atoms with van der Waals surface area (Å²) in [6.45, 7) is 7.93. The van der Waals surface area contributed by atoms with Crippen molar-refractivity contribution in [3.05, 3.63) is 37.2 Å². The summed E-state index contributed by atoms with van der Waals surface area (Å²) in [6.07, 6.45) is 4.11. The maximum absolute atomic E-state index is 6.25. The highest BCUT2D eigenvalue weighted by atomic mass is 14.9. The summed E-state index contributed by atoms with van der Waals surface area (Å²) in [5.41, 5.74) is 0. The maximum atomic E-state index is 6.25. The van der Waals surface area contributed by atoms with Crippen molar-refractivity contribution in [3.63, 3.8) is 0 Å². The van der Waals surface area contributed by atoms with Crippen molar-refractivity contribution in [2.45, 2.75) is 13.5 Å². The van der Waals surface area contributed by atoms with Crippen molar-refractivity contribution in [1.29, 1.82) is 5.26 Å². The van der Waals surface area contributed by atoms with Gasteiger partial charge in [0.15, 0.2) is 12.4 Å². The molecule has 0 saturated heterocycles. The number of hydrogen-bond acceptors (Lipinski definition) is 1. The minimum Gasteiger partial charge on any atom is -0.512 e. The molecule has 0 amide bonds. The first-order chi connectivity index (χ1) is 4.93. The zero-order valence-corrected chi connectivity index (χ0v) is 5.99. The maximum Gasteiger partial charge on any atom is 0.168 e. The van der Waals surface area contributed by atoms with E-state index in [1.807, 2.05) is 18.2 Å². The molecule has 10 heavy (non-hydrogen) atoms. The molecule has 0 unspecified atom stereocenters. The fourth-order valence-electron chi connectivity index (χ4n) is 0.645. The molecule has 0 N–H and O–H groups in total. The summed E-state index contributed by atoms with van der Waals surface area (Å²) in [4.78, 5) is 0. The van der Waals surface area contributed by atoms with Crippen LogP contribution < -0.4 is 4.57 Å². The van der Waals surface area contributed by atoms with Crippen LogP contribution in [0.15, 0.2) is 30.6 Å². The molecular weight excluding hydrogens is 124 g/mol. The van der Waals surface area contributed by atoms with Gasteiger partial charge in [-0.05, 0) is 6.92 Å². The molecule has 0 spiro atoms. The lowest BCUT2D eigenvalue weighted by molar-refractivity contribution is -0.693. The zero-order valence-electron chi connectivity index (χ0n) is 5.99. The van der Waals surface area contributed by atoms with E-state index in [-0.39, 0.29) is 0 Å². The lowest BCUT2D eigenvalue weighted by Crippen LogP contribution is -2.30. The van der Waals surface area contributed by atoms with Gasteiger partial charge in [0, 0.05) is 12.1 Å². The smallest absolute Gasteiger partial charge is 0.168 e. The van der Waals surface area contributed by atoms with Crippen LogP contribution in [0.3, 0.4) is 0 Å². The molecule has 1 rings (SSSR count). The van der Waals surface area contributed by atoms with Crippen molar-refractivity contribution in [3.8, 4) is 0 Å². The second-order valence-corrected chi connectivity index (χ2v) is 1.71. The van der Waals surface area contributed by atoms with Crippen LogP contribution in [-0.2, 0) is 6.54 Å². The van der Waals surface area contributed by atoms with Gasteiger partial charge in [-0.15, -0.1) is 0 Å². The molecule has 0 aliphatic rings. The third-order valence-corrected chi connectivity index (χ3v) is 1.14. The molecule has 0 aliphatic heterocycles. The van der Waals surface area contributed by atoms with E-state index in [1.165, 1.54) is 0 Å². The highest BCUT2D eigenvalue weighted by molar-refractivity contribution is 4.83. The van der Waals surface area contributed by atoms with Gasteiger partial charge in [0.2, 0.25) is 0 Å². The van der Waals surface area contributed by atoms with Crippen molar-refractivity contribution in [2.75, 3.05) is 0 Å². The SMILES string of the molecule is CC[n+]1ccccc1.[C-]#N. The Labute approximate surface area is 61.4 Å². The minimum atomic E-state index is 1.06. The van der Waals surface area contributed by atoms with Gasteiger partial charge in [0.1, 0.15) is 6.54 Å². The number of rotatable bonds is 1. The highest BCUT2D eigenvalue weighted by Crippen LogP contribution is 1.74. The number of aromatic nitrogens is 1. The van der Waals surface area contributed by atoms with Gasteiger partial charge in [-0.3, -0.25) is 0 Å². The van der Waals surface area contributed by atoms with E-state index in [9.17, 15) is 0 Å². The predicted molar refractivity (Wildman–Crippen MR) is 37.3 cm³/mol. The van der Waals surface area contributed by atoms with Crippen LogP contribution in [0.2, 0.25) is 0 Å². The molecule has 0 bridgehead atoms. The van der Waals surface area contributed by atoms with Crippen LogP contribution >= 0.6 is 0 Å². The Kier molecular flexibility index (Phi) is 4.99. The monoisotopic (exact) mass is 134 g/mol. The van der Waals surface area contributed by atoms with Gasteiger partial charge < -0.3 is 11.8 Å². The Hall–Kier alpha value is -1.36. The number of nitrogens with zero attached hydrogens (tertiary/aromatic N) is 2. The predicted octanol–water partition coefficient (Wildman–Crippen LogP) is 1.09. The van der Waals surface area contributed by atoms with Gasteiger partial charge in [0.25, 0.3) is 0 Å². The highest BCUT2D eigenvalue weighted by Gasteiger charge is 1.86. The fraction of sp³-hybridized carbons (Fsp3) is 0.250. The Morgan fingerprint density at radius 3 is 2.00 bits per heavy atom. The number of hydrogen-bond donors (Lipinski definition) is 0. The lowest BCUT2D eigenvalue weighted by atomic mass is 10.5. The Balaban J connectivity index is 0.000000371. The van der Waals surface area contributed by atoms with E-state index in [0.717, 1.165) is 6.54 Å². The summed E-state index contributed by atoms with van der Waals surface area (Å²) < 4.78 is 2.12. The first-order valence-corrected chi connectivity index (χ1v) is 3.10. The molecular formula is C8H10N2. The standard InChI is InChI=1S/C7H10N.CN/c1-2-8-6-4-3-5-7-8;1-2/h3-7H,2H2,1H3;/q+1;-1. The van der Waals surface area contributed by atoms with Crippen LogP contribution in [0.5, 0.6) is 0 Å². The molecule has 0 aromatic carbocycles. The normalized spacial score (nSPS) is 7.50. The van der Waals surface area contributed by atoms with E-state index in [0.29, 0.717) is 0 Å². The average molecular weight is 134 g/mol. The minimum absolute atomic E-state index is 1.06. The van der Waals surface area contributed by atoms with Crippen molar-refractivity contribution in [1.82, 2.24) is 0 Å². The van der Waals surface area contributed by atoms with Gasteiger partial charge in [0.05, 0.1) is 0 Å². The fourth-order valence-corrected chi connectivity index (χ4v) is 0.645. The first-order valence-electron chi connectivity index (χ1n) is 3.10. The summed E-state index contributed by atoms with van der Waals surface area (Å²) in [7, 11) is 0. The summed E-state index contributed by atoms with van der Waals surface area (Å²) in [6, 6.07) is 6.08.